The smallest absolute Gasteiger partial charge is 0.416 e. The minimum Gasteiger partial charge on any atom is -0.497 e. The Bertz CT molecular complexity index is 1610. The van der Waals surface area contributed by atoms with Crippen molar-refractivity contribution in [3.8, 4) is 11.8 Å². The molecule has 44 heavy (non-hydrogen) atoms. The van der Waals surface area contributed by atoms with Crippen molar-refractivity contribution in [2.45, 2.75) is 38.7 Å². The van der Waals surface area contributed by atoms with Crippen LogP contribution >= 0.6 is 12.2 Å². The van der Waals surface area contributed by atoms with Crippen LogP contribution in [-0.2, 0) is 30.5 Å². The van der Waals surface area contributed by atoms with Gasteiger partial charge in [-0.2, -0.15) is 18.4 Å². The molecule has 1 atom stereocenters. The molecule has 0 fully saturated rings. The first-order chi connectivity index (χ1) is 21.0. The van der Waals surface area contributed by atoms with E-state index in [2.05, 4.69) is 21.7 Å². The summed E-state index contributed by atoms with van der Waals surface area (Å²) in [5.74, 6) is 0.371. The molecular weight excluding hydrogens is 589 g/mol. The number of carbonyl (C=O) groups is 1. The Morgan fingerprint density at radius 1 is 1.11 bits per heavy atom. The van der Waals surface area contributed by atoms with Gasteiger partial charge in [0.25, 0.3) is 0 Å². The number of nitriles is 1. The summed E-state index contributed by atoms with van der Waals surface area (Å²) >= 11 is 5.64. The summed E-state index contributed by atoms with van der Waals surface area (Å²) in [5.41, 5.74) is 2.14. The molecule has 0 spiro atoms. The zero-order chi connectivity index (χ0) is 31.7. The van der Waals surface area contributed by atoms with Gasteiger partial charge in [0.15, 0.2) is 5.11 Å². The fourth-order valence-electron chi connectivity index (χ4n) is 4.62. The maximum Gasteiger partial charge on any atom is 0.416 e. The molecule has 8 nitrogen and oxygen atoms in total. The van der Waals surface area contributed by atoms with Gasteiger partial charge in [0.2, 0.25) is 5.91 Å². The van der Waals surface area contributed by atoms with Crippen LogP contribution in [0.5, 0.6) is 5.75 Å². The number of imidazole rings is 1. The summed E-state index contributed by atoms with van der Waals surface area (Å²) in [6.45, 7) is 2.26. The topological polar surface area (TPSA) is 95.2 Å². The van der Waals surface area contributed by atoms with Crippen molar-refractivity contribution in [3.63, 3.8) is 0 Å². The monoisotopic (exact) mass is 620 g/mol. The van der Waals surface area contributed by atoms with E-state index in [1.54, 1.807) is 73.9 Å². The molecular formula is C32H31F3N6O2S. The second-order valence-corrected chi connectivity index (χ2v) is 10.5. The van der Waals surface area contributed by atoms with E-state index in [1.807, 2.05) is 16.7 Å². The largest absolute Gasteiger partial charge is 0.497 e. The number of carbonyl (C=O) groups excluding carboxylic acids is 1. The zero-order valence-corrected chi connectivity index (χ0v) is 25.0. The maximum absolute atomic E-state index is 13.8. The Balaban J connectivity index is 1.45. The minimum absolute atomic E-state index is 0.0477. The Labute approximate surface area is 259 Å². The molecule has 12 heteroatoms. The van der Waals surface area contributed by atoms with Crippen molar-refractivity contribution >= 4 is 28.9 Å². The van der Waals surface area contributed by atoms with Gasteiger partial charge >= 0.3 is 6.18 Å². The fraction of sp³-hybridized carbons (Fsp3) is 0.250. The number of halogens is 3. The molecule has 1 amide bonds. The molecule has 0 aliphatic carbocycles. The molecule has 0 bridgehead atoms. The standard InChI is InChI=1S/C32H31F3N6O2S/c1-22(38-30(42)15-27-17-37-21-41(27)19-24-9-7-23(16-36)8-10-24)18-40(20-25-5-3-4-6-29(25)32(33,34)35)31(44)39-26-11-13-28(43-2)14-12-26/h3-14,17,21-22H,15,18-20H2,1-2H3,(H,38,42)(H,39,44). The summed E-state index contributed by atoms with van der Waals surface area (Å²) in [4.78, 5) is 18.8. The van der Waals surface area contributed by atoms with Crippen molar-refractivity contribution in [2.24, 2.45) is 0 Å². The second-order valence-electron chi connectivity index (χ2n) is 10.2. The van der Waals surface area contributed by atoms with Crippen LogP contribution in [-0.4, -0.2) is 45.2 Å². The van der Waals surface area contributed by atoms with Crippen LogP contribution in [0.3, 0.4) is 0 Å². The molecule has 0 radical (unpaired) electrons. The predicted molar refractivity (Wildman–Crippen MR) is 165 cm³/mol. The number of hydrogen-bond donors (Lipinski definition) is 2. The molecule has 1 heterocycles. The van der Waals surface area contributed by atoms with Crippen molar-refractivity contribution < 1.29 is 22.7 Å². The third-order valence-corrected chi connectivity index (χ3v) is 7.15. The van der Waals surface area contributed by atoms with E-state index >= 15 is 0 Å². The number of nitrogens with one attached hydrogen (secondary N) is 2. The van der Waals surface area contributed by atoms with Gasteiger partial charge in [0.05, 0.1) is 37.1 Å². The van der Waals surface area contributed by atoms with E-state index < -0.39 is 17.8 Å². The van der Waals surface area contributed by atoms with E-state index in [1.165, 1.54) is 12.1 Å². The molecule has 4 aromatic rings. The number of anilines is 1. The maximum atomic E-state index is 13.8. The number of aromatic nitrogens is 2. The van der Waals surface area contributed by atoms with Gasteiger partial charge in [-0.15, -0.1) is 0 Å². The number of amides is 1. The summed E-state index contributed by atoms with van der Waals surface area (Å²) in [7, 11) is 1.55. The van der Waals surface area contributed by atoms with Gasteiger partial charge in [-0.1, -0.05) is 30.3 Å². The Hall–Kier alpha value is -4.89. The highest BCUT2D eigenvalue weighted by Crippen LogP contribution is 2.32. The Kier molecular flexibility index (Phi) is 10.6. The van der Waals surface area contributed by atoms with Crippen molar-refractivity contribution in [1.82, 2.24) is 19.8 Å². The van der Waals surface area contributed by atoms with Crippen LogP contribution in [0.2, 0.25) is 0 Å². The number of nitrogens with zero attached hydrogens (tertiary/aromatic N) is 4. The molecule has 3 aromatic carbocycles. The predicted octanol–water partition coefficient (Wildman–Crippen LogP) is 5.78. The van der Waals surface area contributed by atoms with Gasteiger partial charge in [0, 0.05) is 43.3 Å². The zero-order valence-electron chi connectivity index (χ0n) is 24.1. The van der Waals surface area contributed by atoms with Gasteiger partial charge in [-0.05, 0) is 72.7 Å². The Morgan fingerprint density at radius 3 is 2.48 bits per heavy atom. The average Bonchev–Trinajstić information content (AvgIpc) is 3.43. The summed E-state index contributed by atoms with van der Waals surface area (Å²) in [6.07, 6.45) is -1.24. The number of benzene rings is 3. The highest BCUT2D eigenvalue weighted by Gasteiger charge is 2.33. The highest BCUT2D eigenvalue weighted by molar-refractivity contribution is 7.80. The quantitative estimate of drug-likeness (QED) is 0.206. The van der Waals surface area contributed by atoms with Gasteiger partial charge in [-0.3, -0.25) is 4.79 Å². The number of hydrogen-bond acceptors (Lipinski definition) is 5. The molecule has 0 aliphatic rings. The minimum atomic E-state index is -4.53. The lowest BCUT2D eigenvalue weighted by atomic mass is 10.1. The molecule has 0 aliphatic heterocycles. The molecule has 1 aromatic heterocycles. The van der Waals surface area contributed by atoms with E-state index in [0.29, 0.717) is 29.2 Å². The van der Waals surface area contributed by atoms with Crippen LogP contribution in [0.15, 0.2) is 85.3 Å². The first-order valence-electron chi connectivity index (χ1n) is 13.7. The SMILES string of the molecule is COc1ccc(NC(=S)N(Cc2ccccc2C(F)(F)F)CC(C)NC(=O)Cc2cncn2Cc2ccc(C#N)cc2)cc1. The number of ether oxygens (including phenoxy) is 1. The van der Waals surface area contributed by atoms with Gasteiger partial charge < -0.3 is 24.8 Å². The first kappa shape index (κ1) is 32.0. The van der Waals surface area contributed by atoms with Crippen molar-refractivity contribution in [3.05, 3.63) is 113 Å². The number of rotatable bonds is 11. The lowest BCUT2D eigenvalue weighted by molar-refractivity contribution is -0.138. The average molecular weight is 621 g/mol. The molecule has 1 unspecified atom stereocenters. The first-order valence-corrected chi connectivity index (χ1v) is 14.1. The van der Waals surface area contributed by atoms with E-state index in [0.717, 1.165) is 11.6 Å². The highest BCUT2D eigenvalue weighted by atomic mass is 32.1. The molecule has 4 rings (SSSR count). The van der Waals surface area contributed by atoms with Crippen LogP contribution in [0.4, 0.5) is 18.9 Å². The van der Waals surface area contributed by atoms with Crippen molar-refractivity contribution in [2.75, 3.05) is 19.0 Å². The summed E-state index contributed by atoms with van der Waals surface area (Å²) in [5, 5.41) is 15.2. The summed E-state index contributed by atoms with van der Waals surface area (Å²) in [6, 6.07) is 21.1. The summed E-state index contributed by atoms with van der Waals surface area (Å²) < 4.78 is 48.4. The third kappa shape index (κ3) is 8.81. The molecule has 2 N–H and O–H groups in total. The molecule has 228 valence electrons. The van der Waals surface area contributed by atoms with Crippen LogP contribution in [0, 0.1) is 11.3 Å². The molecule has 0 saturated carbocycles. The van der Waals surface area contributed by atoms with E-state index in [4.69, 9.17) is 22.2 Å². The number of thiocarbonyl (C=S) groups is 1. The number of alkyl halides is 3. The van der Waals surface area contributed by atoms with Crippen LogP contribution in [0.25, 0.3) is 0 Å². The molecule has 0 saturated heterocycles. The Morgan fingerprint density at radius 2 is 1.82 bits per heavy atom. The fourth-order valence-corrected chi connectivity index (χ4v) is 4.88. The number of methoxy groups -OCH3 is 1. The lowest BCUT2D eigenvalue weighted by Crippen LogP contribution is -2.46. The second kappa shape index (κ2) is 14.5. The normalized spacial score (nSPS) is 11.7. The van der Waals surface area contributed by atoms with Gasteiger partial charge in [0.1, 0.15) is 5.75 Å². The van der Waals surface area contributed by atoms with Crippen LogP contribution in [0.1, 0.15) is 34.9 Å². The van der Waals surface area contributed by atoms with Crippen LogP contribution < -0.4 is 15.4 Å². The van der Waals surface area contributed by atoms with Crippen molar-refractivity contribution in [1.29, 1.82) is 5.26 Å². The van der Waals surface area contributed by atoms with E-state index in [-0.39, 0.29) is 36.1 Å². The lowest BCUT2D eigenvalue weighted by Gasteiger charge is -2.30. The third-order valence-electron chi connectivity index (χ3n) is 6.79. The van der Waals surface area contributed by atoms with Gasteiger partial charge in [-0.25, -0.2) is 4.98 Å². The van der Waals surface area contributed by atoms with E-state index in [9.17, 15) is 18.0 Å².